The van der Waals surface area contributed by atoms with Crippen molar-refractivity contribution in [3.05, 3.63) is 53.5 Å². The average Bonchev–Trinajstić information content (AvgIpc) is 2.90. The second kappa shape index (κ2) is 6.43. The lowest BCUT2D eigenvalue weighted by Crippen LogP contribution is -2.27. The molecular formula is C16H21NO2. The van der Waals surface area contributed by atoms with Crippen LogP contribution in [-0.4, -0.2) is 13.2 Å². The van der Waals surface area contributed by atoms with Crippen LogP contribution in [0.1, 0.15) is 23.8 Å². The molecule has 1 aromatic carbocycles. The first-order chi connectivity index (χ1) is 9.19. The Hall–Kier alpha value is -1.74. The van der Waals surface area contributed by atoms with E-state index in [-0.39, 0.29) is 0 Å². The highest BCUT2D eigenvalue weighted by Crippen LogP contribution is 2.21. The minimum absolute atomic E-state index is 0.362. The first-order valence-corrected chi connectivity index (χ1v) is 6.58. The fourth-order valence-electron chi connectivity index (χ4n) is 2.16. The molecule has 0 radical (unpaired) electrons. The molecule has 3 nitrogen and oxygen atoms in total. The van der Waals surface area contributed by atoms with Crippen molar-refractivity contribution in [3.8, 4) is 5.75 Å². The molecule has 1 heterocycles. The lowest BCUT2D eigenvalue weighted by Gasteiger charge is -2.15. The molecule has 0 bridgehead atoms. The van der Waals surface area contributed by atoms with E-state index in [0.717, 1.165) is 24.5 Å². The third kappa shape index (κ3) is 3.86. The molecule has 0 amide bonds. The summed E-state index contributed by atoms with van der Waals surface area (Å²) in [7, 11) is 1.72. The van der Waals surface area contributed by atoms with Crippen molar-refractivity contribution in [3.63, 3.8) is 0 Å². The van der Waals surface area contributed by atoms with Crippen LogP contribution >= 0.6 is 0 Å². The smallest absolute Gasteiger partial charge is 0.122 e. The summed E-state index contributed by atoms with van der Waals surface area (Å²) in [5.74, 6) is 1.92. The molecule has 0 aliphatic carbocycles. The largest absolute Gasteiger partial charge is 0.496 e. The standard InChI is InChI=1S/C16H21NO2/c1-12-6-7-16(18-3)14(9-12)10-13(2)17-11-15-5-4-8-19-15/h4-9,13,17H,10-11H2,1-3H3. The maximum absolute atomic E-state index is 5.41. The first-order valence-electron chi connectivity index (χ1n) is 6.58. The second-order valence-electron chi connectivity index (χ2n) is 4.88. The maximum atomic E-state index is 5.41. The number of hydrogen-bond acceptors (Lipinski definition) is 3. The van der Waals surface area contributed by atoms with E-state index < -0.39 is 0 Å². The molecule has 3 heteroatoms. The molecule has 0 saturated carbocycles. The molecule has 2 aromatic rings. The van der Waals surface area contributed by atoms with Crippen LogP contribution in [0.3, 0.4) is 0 Å². The molecule has 0 saturated heterocycles. The average molecular weight is 259 g/mol. The molecule has 2 rings (SSSR count). The number of benzene rings is 1. The van der Waals surface area contributed by atoms with Crippen LogP contribution in [0.25, 0.3) is 0 Å². The Morgan fingerprint density at radius 1 is 1.32 bits per heavy atom. The molecule has 19 heavy (non-hydrogen) atoms. The fourth-order valence-corrected chi connectivity index (χ4v) is 2.16. The van der Waals surface area contributed by atoms with Gasteiger partial charge in [-0.2, -0.15) is 0 Å². The van der Waals surface area contributed by atoms with Crippen LogP contribution in [0, 0.1) is 6.92 Å². The van der Waals surface area contributed by atoms with Gasteiger partial charge in [-0.1, -0.05) is 17.7 Å². The van der Waals surface area contributed by atoms with Crippen molar-refractivity contribution in [1.29, 1.82) is 0 Å². The topological polar surface area (TPSA) is 34.4 Å². The number of hydrogen-bond donors (Lipinski definition) is 1. The van der Waals surface area contributed by atoms with E-state index in [9.17, 15) is 0 Å². The molecular weight excluding hydrogens is 238 g/mol. The quantitative estimate of drug-likeness (QED) is 0.864. The predicted octanol–water partition coefficient (Wildman–Crippen LogP) is 3.32. The summed E-state index contributed by atoms with van der Waals surface area (Å²) in [5, 5.41) is 3.45. The summed E-state index contributed by atoms with van der Waals surface area (Å²) < 4.78 is 10.7. The van der Waals surface area contributed by atoms with E-state index in [0.29, 0.717) is 6.04 Å². The number of ether oxygens (including phenoxy) is 1. The first kappa shape index (κ1) is 13.7. The van der Waals surface area contributed by atoms with Gasteiger partial charge in [0.05, 0.1) is 19.9 Å². The number of nitrogens with one attached hydrogen (secondary N) is 1. The number of rotatable bonds is 6. The molecule has 102 valence electrons. The van der Waals surface area contributed by atoms with Crippen molar-refractivity contribution < 1.29 is 9.15 Å². The van der Waals surface area contributed by atoms with E-state index in [1.807, 2.05) is 18.2 Å². The normalized spacial score (nSPS) is 12.4. The van der Waals surface area contributed by atoms with E-state index in [4.69, 9.17) is 9.15 Å². The monoisotopic (exact) mass is 259 g/mol. The highest BCUT2D eigenvalue weighted by molar-refractivity contribution is 5.37. The zero-order valence-corrected chi connectivity index (χ0v) is 11.8. The van der Waals surface area contributed by atoms with Crippen LogP contribution in [-0.2, 0) is 13.0 Å². The molecule has 0 spiro atoms. The lowest BCUT2D eigenvalue weighted by atomic mass is 10.0. The molecule has 1 aromatic heterocycles. The number of methoxy groups -OCH3 is 1. The lowest BCUT2D eigenvalue weighted by molar-refractivity contribution is 0.403. The van der Waals surface area contributed by atoms with Crippen LogP contribution in [0.2, 0.25) is 0 Å². The number of aryl methyl sites for hydroxylation is 1. The predicted molar refractivity (Wildman–Crippen MR) is 76.4 cm³/mol. The van der Waals surface area contributed by atoms with Crippen LogP contribution in [0.4, 0.5) is 0 Å². The van der Waals surface area contributed by atoms with E-state index in [1.165, 1.54) is 11.1 Å². The highest BCUT2D eigenvalue weighted by Gasteiger charge is 2.09. The van der Waals surface area contributed by atoms with Crippen molar-refractivity contribution >= 4 is 0 Å². The zero-order chi connectivity index (χ0) is 13.7. The van der Waals surface area contributed by atoms with Gasteiger partial charge in [-0.3, -0.25) is 0 Å². The Bertz CT molecular complexity index is 505. The highest BCUT2D eigenvalue weighted by atomic mass is 16.5. The minimum atomic E-state index is 0.362. The number of furan rings is 1. The summed E-state index contributed by atoms with van der Waals surface area (Å²) in [6.07, 6.45) is 2.64. The Balaban J connectivity index is 1.94. The molecule has 0 aliphatic rings. The Morgan fingerprint density at radius 2 is 2.16 bits per heavy atom. The van der Waals surface area contributed by atoms with E-state index in [2.05, 4.69) is 31.3 Å². The van der Waals surface area contributed by atoms with Gasteiger partial charge in [0.1, 0.15) is 11.5 Å². The van der Waals surface area contributed by atoms with Gasteiger partial charge in [-0.25, -0.2) is 0 Å². The third-order valence-corrected chi connectivity index (χ3v) is 3.17. The van der Waals surface area contributed by atoms with Crippen molar-refractivity contribution in [2.45, 2.75) is 32.9 Å². The van der Waals surface area contributed by atoms with Crippen molar-refractivity contribution in [2.75, 3.05) is 7.11 Å². The molecule has 1 N–H and O–H groups in total. The van der Waals surface area contributed by atoms with Gasteiger partial charge >= 0.3 is 0 Å². The van der Waals surface area contributed by atoms with Gasteiger partial charge in [-0.15, -0.1) is 0 Å². The van der Waals surface area contributed by atoms with Crippen LogP contribution in [0.5, 0.6) is 5.75 Å². The van der Waals surface area contributed by atoms with Gasteiger partial charge in [0.15, 0.2) is 0 Å². The summed E-state index contributed by atoms with van der Waals surface area (Å²) in [5.41, 5.74) is 2.50. The van der Waals surface area contributed by atoms with Gasteiger partial charge in [-0.05, 0) is 44.0 Å². The van der Waals surface area contributed by atoms with E-state index >= 15 is 0 Å². The summed E-state index contributed by atoms with van der Waals surface area (Å²) in [6, 6.07) is 10.5. The third-order valence-electron chi connectivity index (χ3n) is 3.17. The van der Waals surface area contributed by atoms with Crippen LogP contribution < -0.4 is 10.1 Å². The Kier molecular flexibility index (Phi) is 4.63. The summed E-state index contributed by atoms with van der Waals surface area (Å²) >= 11 is 0. The van der Waals surface area contributed by atoms with Crippen LogP contribution in [0.15, 0.2) is 41.0 Å². The SMILES string of the molecule is COc1ccc(C)cc1CC(C)NCc1ccco1. The Morgan fingerprint density at radius 3 is 2.84 bits per heavy atom. The van der Waals surface area contributed by atoms with Gasteiger partial charge < -0.3 is 14.5 Å². The van der Waals surface area contributed by atoms with E-state index in [1.54, 1.807) is 13.4 Å². The van der Waals surface area contributed by atoms with Crippen molar-refractivity contribution in [1.82, 2.24) is 5.32 Å². The zero-order valence-electron chi connectivity index (χ0n) is 11.8. The molecule has 1 atom stereocenters. The van der Waals surface area contributed by atoms with Gasteiger partial charge in [0, 0.05) is 6.04 Å². The van der Waals surface area contributed by atoms with Gasteiger partial charge in [0.2, 0.25) is 0 Å². The second-order valence-corrected chi connectivity index (χ2v) is 4.88. The maximum Gasteiger partial charge on any atom is 0.122 e. The van der Waals surface area contributed by atoms with Gasteiger partial charge in [0.25, 0.3) is 0 Å². The fraction of sp³-hybridized carbons (Fsp3) is 0.375. The molecule has 1 unspecified atom stereocenters. The Labute approximate surface area is 114 Å². The molecule has 0 aliphatic heterocycles. The van der Waals surface area contributed by atoms with Crippen molar-refractivity contribution in [2.24, 2.45) is 0 Å². The summed E-state index contributed by atoms with van der Waals surface area (Å²) in [4.78, 5) is 0. The summed E-state index contributed by atoms with van der Waals surface area (Å²) in [6.45, 7) is 5.02. The molecule has 0 fully saturated rings. The minimum Gasteiger partial charge on any atom is -0.496 e.